The molecule has 0 aliphatic carbocycles. The number of nitrogens with one attached hydrogen (secondary N) is 1. The predicted molar refractivity (Wildman–Crippen MR) is 129 cm³/mol. The monoisotopic (exact) mass is 452 g/mol. The minimum Gasteiger partial charge on any atom is -0.457 e. The third-order valence-electron chi connectivity index (χ3n) is 4.92. The molecule has 0 atom stereocenters. The number of carbonyl (C=O) groups excluding carboxylic acids is 1. The number of aryl methyl sites for hydroxylation is 2. The van der Waals surface area contributed by atoms with Crippen molar-refractivity contribution in [1.29, 1.82) is 0 Å². The summed E-state index contributed by atoms with van der Waals surface area (Å²) >= 11 is 0. The Morgan fingerprint density at radius 1 is 0.938 bits per heavy atom. The average Bonchev–Trinajstić information content (AvgIpc) is 2.74. The molecule has 0 fully saturated rings. The molecule has 7 heteroatoms. The highest BCUT2D eigenvalue weighted by Crippen LogP contribution is 2.25. The maximum Gasteiger partial charge on any atom is 0.232 e. The van der Waals surface area contributed by atoms with E-state index in [4.69, 9.17) is 4.74 Å². The molecule has 0 saturated heterocycles. The first-order valence-corrected chi connectivity index (χ1v) is 12.2. The van der Waals surface area contributed by atoms with E-state index < -0.39 is 10.0 Å². The highest BCUT2D eigenvalue weighted by atomic mass is 32.2. The van der Waals surface area contributed by atoms with Crippen LogP contribution in [0.4, 0.5) is 11.4 Å². The average molecular weight is 453 g/mol. The first kappa shape index (κ1) is 23.3. The number of carbonyl (C=O) groups is 1. The fourth-order valence-corrected chi connectivity index (χ4v) is 4.31. The van der Waals surface area contributed by atoms with Crippen LogP contribution in [0.1, 0.15) is 24.0 Å². The van der Waals surface area contributed by atoms with Crippen LogP contribution in [0.15, 0.2) is 72.8 Å². The lowest BCUT2D eigenvalue weighted by Crippen LogP contribution is -2.32. The Hall–Kier alpha value is -3.32. The maximum atomic E-state index is 12.4. The predicted octanol–water partition coefficient (Wildman–Crippen LogP) is 5.28. The molecule has 0 saturated carbocycles. The molecule has 3 aromatic rings. The molecule has 1 N–H and O–H groups in total. The van der Waals surface area contributed by atoms with Crippen LogP contribution in [0.5, 0.6) is 11.5 Å². The van der Waals surface area contributed by atoms with Gasteiger partial charge in [0.15, 0.2) is 0 Å². The Kier molecular flexibility index (Phi) is 7.53. The van der Waals surface area contributed by atoms with Gasteiger partial charge in [0.2, 0.25) is 15.9 Å². The van der Waals surface area contributed by atoms with Crippen LogP contribution in [0.3, 0.4) is 0 Å². The van der Waals surface area contributed by atoms with Gasteiger partial charge in [-0.1, -0.05) is 30.3 Å². The highest BCUT2D eigenvalue weighted by molar-refractivity contribution is 7.92. The van der Waals surface area contributed by atoms with Crippen molar-refractivity contribution < 1.29 is 17.9 Å². The topological polar surface area (TPSA) is 75.7 Å². The SMILES string of the molecule is Cc1ccc(C)c(N(CCCC(=O)Nc2ccc(Oc3ccccc3)cc2)S(C)(=O)=O)c1. The number of ether oxygens (including phenoxy) is 1. The Balaban J connectivity index is 1.55. The standard InChI is InChI=1S/C25H28N2O4S/c1-19-11-12-20(2)24(18-19)27(32(3,29)30)17-7-10-25(28)26-21-13-15-23(16-14-21)31-22-8-5-4-6-9-22/h4-6,8-9,11-16,18H,7,10,17H2,1-3H3,(H,26,28). The summed E-state index contributed by atoms with van der Waals surface area (Å²) in [6.07, 6.45) is 1.80. The molecule has 0 spiro atoms. The fraction of sp³-hybridized carbons (Fsp3) is 0.240. The third kappa shape index (κ3) is 6.59. The van der Waals surface area contributed by atoms with E-state index in [2.05, 4.69) is 5.32 Å². The van der Waals surface area contributed by atoms with Gasteiger partial charge in [-0.3, -0.25) is 9.10 Å². The molecule has 0 unspecified atom stereocenters. The second kappa shape index (κ2) is 10.3. The van der Waals surface area contributed by atoms with Crippen molar-refractivity contribution in [3.8, 4) is 11.5 Å². The number of sulfonamides is 1. The van der Waals surface area contributed by atoms with E-state index >= 15 is 0 Å². The van der Waals surface area contributed by atoms with Crippen LogP contribution in [0.2, 0.25) is 0 Å². The van der Waals surface area contributed by atoms with Gasteiger partial charge in [0.25, 0.3) is 0 Å². The van der Waals surface area contributed by atoms with E-state index in [-0.39, 0.29) is 18.9 Å². The summed E-state index contributed by atoms with van der Waals surface area (Å²) in [5.41, 5.74) is 3.17. The highest BCUT2D eigenvalue weighted by Gasteiger charge is 2.19. The smallest absolute Gasteiger partial charge is 0.232 e. The lowest BCUT2D eigenvalue weighted by atomic mass is 10.1. The number of hydrogen-bond acceptors (Lipinski definition) is 4. The first-order chi connectivity index (χ1) is 15.2. The van der Waals surface area contributed by atoms with Crippen LogP contribution < -0.4 is 14.4 Å². The molecule has 1 amide bonds. The largest absolute Gasteiger partial charge is 0.457 e. The molecule has 168 valence electrons. The van der Waals surface area contributed by atoms with E-state index in [1.165, 1.54) is 10.6 Å². The van der Waals surface area contributed by atoms with Gasteiger partial charge in [-0.15, -0.1) is 0 Å². The van der Waals surface area contributed by atoms with E-state index in [0.29, 0.717) is 23.5 Å². The number of hydrogen-bond donors (Lipinski definition) is 1. The van der Waals surface area contributed by atoms with Crippen LogP contribution in [-0.4, -0.2) is 27.1 Å². The van der Waals surface area contributed by atoms with E-state index in [0.717, 1.165) is 16.9 Å². The zero-order valence-corrected chi connectivity index (χ0v) is 19.4. The molecule has 6 nitrogen and oxygen atoms in total. The number of anilines is 2. The minimum atomic E-state index is -3.46. The molecule has 3 rings (SSSR count). The van der Waals surface area contributed by atoms with Gasteiger partial charge < -0.3 is 10.1 Å². The van der Waals surface area contributed by atoms with Crippen molar-refractivity contribution in [1.82, 2.24) is 0 Å². The van der Waals surface area contributed by atoms with Gasteiger partial charge >= 0.3 is 0 Å². The third-order valence-corrected chi connectivity index (χ3v) is 6.10. The molecule has 32 heavy (non-hydrogen) atoms. The Morgan fingerprint density at radius 2 is 1.59 bits per heavy atom. The van der Waals surface area contributed by atoms with E-state index in [1.54, 1.807) is 24.3 Å². The van der Waals surface area contributed by atoms with Crippen molar-refractivity contribution in [2.45, 2.75) is 26.7 Å². The quantitative estimate of drug-likeness (QED) is 0.479. The molecule has 0 heterocycles. The molecule has 0 aliphatic heterocycles. The summed E-state index contributed by atoms with van der Waals surface area (Å²) in [5, 5.41) is 2.84. The minimum absolute atomic E-state index is 0.170. The Bertz CT molecular complexity index is 1160. The van der Waals surface area contributed by atoms with Gasteiger partial charge in [-0.05, 0) is 73.9 Å². The first-order valence-electron chi connectivity index (χ1n) is 10.4. The molecular weight excluding hydrogens is 424 g/mol. The van der Waals surface area contributed by atoms with Crippen LogP contribution in [0, 0.1) is 13.8 Å². The summed E-state index contributed by atoms with van der Waals surface area (Å²) in [6.45, 7) is 4.04. The van der Waals surface area contributed by atoms with Crippen molar-refractivity contribution in [2.24, 2.45) is 0 Å². The van der Waals surface area contributed by atoms with Gasteiger partial charge in [0.05, 0.1) is 11.9 Å². The van der Waals surface area contributed by atoms with Crippen molar-refractivity contribution in [2.75, 3.05) is 22.4 Å². The number of para-hydroxylation sites is 1. The summed E-state index contributed by atoms with van der Waals surface area (Å²) in [6, 6.07) is 22.3. The molecule has 0 aromatic heterocycles. The van der Waals surface area contributed by atoms with Crippen LogP contribution >= 0.6 is 0 Å². The maximum absolute atomic E-state index is 12.4. The zero-order chi connectivity index (χ0) is 23.1. The lowest BCUT2D eigenvalue weighted by Gasteiger charge is -2.24. The molecular formula is C25H28N2O4S. The lowest BCUT2D eigenvalue weighted by molar-refractivity contribution is -0.116. The zero-order valence-electron chi connectivity index (χ0n) is 18.5. The van der Waals surface area contributed by atoms with Crippen molar-refractivity contribution >= 4 is 27.3 Å². The van der Waals surface area contributed by atoms with Gasteiger partial charge in [-0.2, -0.15) is 0 Å². The number of nitrogens with zero attached hydrogens (tertiary/aromatic N) is 1. The molecule has 3 aromatic carbocycles. The Morgan fingerprint density at radius 3 is 2.25 bits per heavy atom. The second-order valence-electron chi connectivity index (χ2n) is 7.72. The normalized spacial score (nSPS) is 11.1. The summed E-state index contributed by atoms with van der Waals surface area (Å²) in [4.78, 5) is 12.4. The Labute approximate surface area is 189 Å². The van der Waals surface area contributed by atoms with Gasteiger partial charge in [-0.25, -0.2) is 8.42 Å². The fourth-order valence-electron chi connectivity index (χ4n) is 3.29. The number of amides is 1. The molecule has 0 bridgehead atoms. The van der Waals surface area contributed by atoms with Crippen LogP contribution in [0.25, 0.3) is 0 Å². The molecule has 0 aliphatic rings. The molecule has 0 radical (unpaired) electrons. The second-order valence-corrected chi connectivity index (χ2v) is 9.62. The van der Waals surface area contributed by atoms with Crippen LogP contribution in [-0.2, 0) is 14.8 Å². The summed E-state index contributed by atoms with van der Waals surface area (Å²) in [5.74, 6) is 1.24. The number of benzene rings is 3. The van der Waals surface area contributed by atoms with E-state index in [1.807, 2.05) is 62.4 Å². The van der Waals surface area contributed by atoms with E-state index in [9.17, 15) is 13.2 Å². The van der Waals surface area contributed by atoms with Gasteiger partial charge in [0.1, 0.15) is 11.5 Å². The summed E-state index contributed by atoms with van der Waals surface area (Å²) < 4.78 is 31.8. The summed E-state index contributed by atoms with van der Waals surface area (Å²) in [7, 11) is -3.46. The number of rotatable bonds is 9. The van der Waals surface area contributed by atoms with Crippen molar-refractivity contribution in [3.05, 3.63) is 83.9 Å². The van der Waals surface area contributed by atoms with Crippen molar-refractivity contribution in [3.63, 3.8) is 0 Å². The van der Waals surface area contributed by atoms with Gasteiger partial charge in [0, 0.05) is 18.7 Å².